The van der Waals surface area contributed by atoms with E-state index >= 15 is 0 Å². The first-order valence-electron chi connectivity index (χ1n) is 3.16. The van der Waals surface area contributed by atoms with E-state index in [2.05, 4.69) is 10.6 Å². The number of hydrogen-bond donors (Lipinski definition) is 0. The van der Waals surface area contributed by atoms with Crippen LogP contribution in [-0.2, 0) is 25.2 Å². The first-order chi connectivity index (χ1) is 4.29. The van der Waals surface area contributed by atoms with Crippen LogP contribution in [0.1, 0.15) is 13.3 Å². The van der Waals surface area contributed by atoms with Crippen LogP contribution in [0.3, 0.4) is 0 Å². The molecule has 1 heterocycles. The molecule has 3 nitrogen and oxygen atoms in total. The van der Waals surface area contributed by atoms with Crippen LogP contribution in [0.5, 0.6) is 0 Å². The maximum Gasteiger partial charge on any atom is 1.00 e. The van der Waals surface area contributed by atoms with E-state index in [9.17, 15) is 4.79 Å². The first-order valence-corrected chi connectivity index (χ1v) is 3.16. The molecule has 0 aromatic heterocycles. The van der Waals surface area contributed by atoms with Crippen LogP contribution < -0.4 is 58.2 Å². The third-order valence-corrected chi connectivity index (χ3v) is 1.24. The summed E-state index contributed by atoms with van der Waals surface area (Å²) in [7, 11) is 0. The van der Waals surface area contributed by atoms with Crippen molar-refractivity contribution in [1.82, 2.24) is 0 Å². The fourth-order valence-electron chi connectivity index (χ4n) is 0.804. The molecule has 1 saturated heterocycles. The van der Waals surface area contributed by atoms with Crippen molar-refractivity contribution >= 4 is 5.91 Å². The Morgan fingerprint density at radius 2 is 2.18 bits per heavy atom. The molecule has 0 bridgehead atoms. The number of rotatable bonds is 0. The maximum absolute atomic E-state index is 10.7. The van der Waals surface area contributed by atoms with E-state index in [-0.39, 0.29) is 90.6 Å². The van der Waals surface area contributed by atoms with Gasteiger partial charge in [-0.05, 0) is 6.42 Å². The van der Waals surface area contributed by atoms with Gasteiger partial charge in [-0.2, -0.15) is 6.54 Å². The fraction of sp³-hybridized carbons (Fsp3) is 0.833. The van der Waals surface area contributed by atoms with Crippen LogP contribution in [-0.4, -0.2) is 25.0 Å². The second-order valence-electron chi connectivity index (χ2n) is 2.25. The summed E-state index contributed by atoms with van der Waals surface area (Å²) in [5, 5.41) is 7.93. The zero-order valence-corrected chi connectivity index (χ0v) is 14.5. The molecular weight excluding hydrogens is 388 g/mol. The van der Waals surface area contributed by atoms with Gasteiger partial charge in [0.25, 0.3) is 0 Å². The minimum Gasteiger partial charge on any atom is -0.663 e. The molecule has 1 unspecified atom stereocenters. The molecule has 0 aliphatic carbocycles. The number of carbonyl (C=O) groups excluding carboxylic acids is 1. The summed E-state index contributed by atoms with van der Waals surface area (Å²) in [6, 6.07) is 0.111. The van der Waals surface area contributed by atoms with E-state index in [4.69, 9.17) is 0 Å². The number of amides is 1. The quantitative estimate of drug-likeness (QED) is 0.469. The standard InChI is InChI=1S/C6H11N2O.Rb.Re/c1-5-4-7-3-2-6(9)8-5;;/h5H,2-4H2,1H3,(H,8,9);;/q-1;+1;/p-1. The van der Waals surface area contributed by atoms with Crippen molar-refractivity contribution in [3.05, 3.63) is 10.6 Å². The van der Waals surface area contributed by atoms with Crippen molar-refractivity contribution in [2.75, 3.05) is 13.1 Å². The average Bonchev–Trinajstić information content (AvgIpc) is 1.93. The molecule has 5 heteroatoms. The molecule has 1 aliphatic rings. The minimum atomic E-state index is 0. The van der Waals surface area contributed by atoms with Crippen molar-refractivity contribution in [3.63, 3.8) is 0 Å². The number of nitrogens with zero attached hydrogens (tertiary/aromatic N) is 2. The molecule has 0 spiro atoms. The Bertz CT molecular complexity index is 123. The molecule has 1 fully saturated rings. The molecule has 1 radical (unpaired) electrons. The molecule has 11 heavy (non-hydrogen) atoms. The van der Waals surface area contributed by atoms with Crippen LogP contribution in [0.2, 0.25) is 0 Å². The van der Waals surface area contributed by atoms with E-state index in [0.717, 1.165) is 0 Å². The largest absolute Gasteiger partial charge is 1.00 e. The Morgan fingerprint density at radius 1 is 1.55 bits per heavy atom. The minimum absolute atomic E-state index is 0. The van der Waals surface area contributed by atoms with Crippen LogP contribution in [0.15, 0.2) is 0 Å². The van der Waals surface area contributed by atoms with Gasteiger partial charge in [0.2, 0.25) is 0 Å². The predicted molar refractivity (Wildman–Crippen MR) is 35.5 cm³/mol. The van der Waals surface area contributed by atoms with Gasteiger partial charge in [-0.25, -0.2) is 0 Å². The fourth-order valence-corrected chi connectivity index (χ4v) is 0.804. The average molecular weight is 398 g/mol. The molecule has 1 aliphatic heterocycles. The van der Waals surface area contributed by atoms with Gasteiger partial charge in [0.15, 0.2) is 0 Å². The predicted octanol–water partition coefficient (Wildman–Crippen LogP) is -1.95. The molecule has 0 saturated carbocycles. The molecule has 59 valence electrons. The zero-order chi connectivity index (χ0) is 6.69. The Balaban J connectivity index is 0. The molecule has 0 N–H and O–H groups in total. The molecule has 1 atom stereocenters. The van der Waals surface area contributed by atoms with Gasteiger partial charge in [-0.3, -0.25) is 0 Å². The normalized spacial score (nSPS) is 23.7. The van der Waals surface area contributed by atoms with Crippen molar-refractivity contribution in [2.45, 2.75) is 19.4 Å². The summed E-state index contributed by atoms with van der Waals surface area (Å²) in [4.78, 5) is 10.7. The van der Waals surface area contributed by atoms with Crippen molar-refractivity contribution in [2.24, 2.45) is 0 Å². The van der Waals surface area contributed by atoms with Crippen LogP contribution in [0.25, 0.3) is 10.6 Å². The topological polar surface area (TPSA) is 45.3 Å². The first kappa shape index (κ1) is 15.4. The van der Waals surface area contributed by atoms with Crippen molar-refractivity contribution < 1.29 is 83.4 Å². The van der Waals surface area contributed by atoms with Gasteiger partial charge < -0.3 is 15.4 Å². The summed E-state index contributed by atoms with van der Waals surface area (Å²) < 4.78 is 0. The van der Waals surface area contributed by atoms with Crippen molar-refractivity contribution in [3.8, 4) is 0 Å². The number of carbonyl (C=O) groups is 1. The summed E-state index contributed by atoms with van der Waals surface area (Å²) in [6.45, 7) is 3.28. The Hall–Kier alpha value is 1.90. The Kier molecular flexibility index (Phi) is 11.9. The molecule has 0 aromatic carbocycles. The summed E-state index contributed by atoms with van der Waals surface area (Å²) in [5.74, 6) is 0.00347. The SMILES string of the molecule is CC1C[N-]CCC(=O)[N-]1.[Rb+].[Re]. The van der Waals surface area contributed by atoms with E-state index in [1.165, 1.54) is 0 Å². The van der Waals surface area contributed by atoms with E-state index < -0.39 is 0 Å². The van der Waals surface area contributed by atoms with Crippen LogP contribution in [0.4, 0.5) is 0 Å². The zero-order valence-electron chi connectivity index (χ0n) is 6.88. The smallest absolute Gasteiger partial charge is 0.663 e. The van der Waals surface area contributed by atoms with E-state index in [0.29, 0.717) is 19.5 Å². The summed E-state index contributed by atoms with van der Waals surface area (Å²) in [5.41, 5.74) is 0. The Morgan fingerprint density at radius 3 is 2.82 bits per heavy atom. The third-order valence-electron chi connectivity index (χ3n) is 1.24. The van der Waals surface area contributed by atoms with Crippen molar-refractivity contribution in [1.29, 1.82) is 0 Å². The van der Waals surface area contributed by atoms with Crippen LogP contribution >= 0.6 is 0 Å². The second-order valence-corrected chi connectivity index (χ2v) is 2.25. The molecule has 1 amide bonds. The van der Waals surface area contributed by atoms with E-state index in [1.54, 1.807) is 0 Å². The molecule has 0 aromatic rings. The van der Waals surface area contributed by atoms with Crippen LogP contribution in [0, 0.1) is 0 Å². The monoisotopic (exact) mass is 398 g/mol. The second kappa shape index (κ2) is 8.49. The third kappa shape index (κ3) is 7.01. The van der Waals surface area contributed by atoms with Gasteiger partial charge in [-0.15, -0.1) is 12.6 Å². The van der Waals surface area contributed by atoms with Gasteiger partial charge in [-0.1, -0.05) is 6.92 Å². The van der Waals surface area contributed by atoms with Gasteiger partial charge in [0, 0.05) is 26.3 Å². The number of hydrogen-bond acceptors (Lipinski definition) is 1. The summed E-state index contributed by atoms with van der Waals surface area (Å²) >= 11 is 0. The molecular formula is C6H10N2ORbRe-. The molecule has 1 rings (SSSR count). The van der Waals surface area contributed by atoms with Gasteiger partial charge in [0.05, 0.1) is 0 Å². The van der Waals surface area contributed by atoms with E-state index in [1.807, 2.05) is 6.92 Å². The van der Waals surface area contributed by atoms with Gasteiger partial charge in [0.1, 0.15) is 0 Å². The maximum atomic E-state index is 10.7. The van der Waals surface area contributed by atoms with Gasteiger partial charge >= 0.3 is 58.2 Å². The Labute approximate surface area is 130 Å². The summed E-state index contributed by atoms with van der Waals surface area (Å²) in [6.07, 6.45) is 0.504.